The third kappa shape index (κ3) is 4.16. The van der Waals surface area contributed by atoms with E-state index >= 15 is 0 Å². The van der Waals surface area contributed by atoms with Crippen LogP contribution in [0, 0.1) is 6.92 Å². The summed E-state index contributed by atoms with van der Waals surface area (Å²) in [4.78, 5) is 12.9. The van der Waals surface area contributed by atoms with Crippen molar-refractivity contribution in [2.24, 2.45) is 0 Å². The number of nitrogen functional groups attached to an aromatic ring is 1. The van der Waals surface area contributed by atoms with Crippen LogP contribution >= 0.6 is 11.8 Å². The fourth-order valence-corrected chi connectivity index (χ4v) is 2.41. The molecule has 4 nitrogen and oxygen atoms in total. The molecule has 1 amide bonds. The summed E-state index contributed by atoms with van der Waals surface area (Å²) in [6, 6.07) is 13.1. The van der Waals surface area contributed by atoms with E-state index in [0.717, 1.165) is 10.5 Å². The van der Waals surface area contributed by atoms with Gasteiger partial charge in [-0.25, -0.2) is 0 Å². The second-order valence-electron chi connectivity index (χ2n) is 4.58. The van der Waals surface area contributed by atoms with Crippen LogP contribution < -0.4 is 15.8 Å². The van der Waals surface area contributed by atoms with Gasteiger partial charge in [-0.1, -0.05) is 18.2 Å². The van der Waals surface area contributed by atoms with E-state index in [2.05, 4.69) is 5.32 Å². The summed E-state index contributed by atoms with van der Waals surface area (Å²) >= 11 is 1.58. The van der Waals surface area contributed by atoms with Crippen molar-refractivity contribution in [1.82, 2.24) is 0 Å². The van der Waals surface area contributed by atoms with Gasteiger partial charge in [-0.2, -0.15) is 0 Å². The number of thioether (sulfide) groups is 1. The molecule has 0 aliphatic rings. The second kappa shape index (κ2) is 7.04. The number of carbonyl (C=O) groups is 1. The molecule has 0 bridgehead atoms. The zero-order chi connectivity index (χ0) is 15.2. The molecule has 0 aliphatic carbocycles. The fourth-order valence-electron chi connectivity index (χ4n) is 1.86. The summed E-state index contributed by atoms with van der Waals surface area (Å²) in [6.07, 6.45) is 1.97. The lowest BCUT2D eigenvalue weighted by atomic mass is 10.2. The molecule has 110 valence electrons. The summed E-state index contributed by atoms with van der Waals surface area (Å²) in [5.41, 5.74) is 8.07. The lowest BCUT2D eigenvalue weighted by molar-refractivity contribution is -0.118. The Bertz CT molecular complexity index is 644. The maximum Gasteiger partial charge on any atom is 0.262 e. The van der Waals surface area contributed by atoms with Crippen LogP contribution in [-0.4, -0.2) is 18.8 Å². The van der Waals surface area contributed by atoms with Crippen molar-refractivity contribution >= 4 is 29.0 Å². The molecule has 0 saturated heterocycles. The first kappa shape index (κ1) is 15.3. The summed E-state index contributed by atoms with van der Waals surface area (Å²) in [6.45, 7) is 1.90. The van der Waals surface area contributed by atoms with Gasteiger partial charge in [0.15, 0.2) is 6.61 Å². The van der Waals surface area contributed by atoms with E-state index in [0.29, 0.717) is 17.1 Å². The molecule has 0 aromatic heterocycles. The minimum absolute atomic E-state index is 0.0507. The van der Waals surface area contributed by atoms with Crippen molar-refractivity contribution < 1.29 is 9.53 Å². The van der Waals surface area contributed by atoms with Crippen LogP contribution in [0.25, 0.3) is 0 Å². The SMILES string of the molecule is CSc1ccccc1OCC(=O)Nc1ccc(C)cc1N. The van der Waals surface area contributed by atoms with Crippen molar-refractivity contribution in [1.29, 1.82) is 0 Å². The minimum atomic E-state index is -0.235. The van der Waals surface area contributed by atoms with Gasteiger partial charge < -0.3 is 15.8 Å². The van der Waals surface area contributed by atoms with Gasteiger partial charge in [-0.05, 0) is 43.0 Å². The van der Waals surface area contributed by atoms with Crippen LogP contribution in [0.5, 0.6) is 5.75 Å². The van der Waals surface area contributed by atoms with Crippen LogP contribution in [0.1, 0.15) is 5.56 Å². The van der Waals surface area contributed by atoms with Crippen LogP contribution in [0.3, 0.4) is 0 Å². The van der Waals surface area contributed by atoms with Gasteiger partial charge >= 0.3 is 0 Å². The molecule has 5 heteroatoms. The minimum Gasteiger partial charge on any atom is -0.483 e. The average molecular weight is 302 g/mol. The van der Waals surface area contributed by atoms with Gasteiger partial charge in [-0.15, -0.1) is 11.8 Å². The molecule has 0 atom stereocenters. The number of aryl methyl sites for hydroxylation is 1. The van der Waals surface area contributed by atoms with E-state index in [1.54, 1.807) is 17.8 Å². The Labute approximate surface area is 128 Å². The van der Waals surface area contributed by atoms with Crippen LogP contribution in [0.2, 0.25) is 0 Å². The van der Waals surface area contributed by atoms with Gasteiger partial charge in [0.05, 0.1) is 11.4 Å². The molecule has 0 spiro atoms. The molecular formula is C16H18N2O2S. The monoisotopic (exact) mass is 302 g/mol. The lowest BCUT2D eigenvalue weighted by Crippen LogP contribution is -2.21. The van der Waals surface area contributed by atoms with Crippen molar-refractivity contribution in [3.8, 4) is 5.75 Å². The van der Waals surface area contributed by atoms with Crippen LogP contribution in [-0.2, 0) is 4.79 Å². The highest BCUT2D eigenvalue weighted by Crippen LogP contribution is 2.27. The highest BCUT2D eigenvalue weighted by molar-refractivity contribution is 7.98. The van der Waals surface area contributed by atoms with Gasteiger partial charge in [0.1, 0.15) is 5.75 Å². The van der Waals surface area contributed by atoms with Gasteiger partial charge in [0.2, 0.25) is 0 Å². The van der Waals surface area contributed by atoms with E-state index < -0.39 is 0 Å². The molecule has 2 aromatic rings. The van der Waals surface area contributed by atoms with Crippen molar-refractivity contribution in [2.45, 2.75) is 11.8 Å². The first-order valence-electron chi connectivity index (χ1n) is 6.52. The number of nitrogens with two attached hydrogens (primary N) is 1. The van der Waals surface area contributed by atoms with Gasteiger partial charge in [-0.3, -0.25) is 4.79 Å². The van der Waals surface area contributed by atoms with Crippen LogP contribution in [0.15, 0.2) is 47.4 Å². The van der Waals surface area contributed by atoms with Crippen molar-refractivity contribution in [2.75, 3.05) is 23.9 Å². The lowest BCUT2D eigenvalue weighted by Gasteiger charge is -2.11. The highest BCUT2D eigenvalue weighted by Gasteiger charge is 2.08. The number of carbonyl (C=O) groups excluding carboxylic acids is 1. The Kier molecular flexibility index (Phi) is 5.11. The van der Waals surface area contributed by atoms with Gasteiger partial charge in [0.25, 0.3) is 5.91 Å². The Hall–Kier alpha value is -2.14. The predicted molar refractivity (Wildman–Crippen MR) is 87.9 cm³/mol. The Morgan fingerprint density at radius 1 is 1.29 bits per heavy atom. The maximum absolute atomic E-state index is 11.9. The molecule has 2 aromatic carbocycles. The number of anilines is 2. The summed E-state index contributed by atoms with van der Waals surface area (Å²) in [7, 11) is 0. The molecule has 0 aliphatic heterocycles. The van der Waals surface area contributed by atoms with Crippen molar-refractivity contribution in [3.63, 3.8) is 0 Å². The molecular weight excluding hydrogens is 284 g/mol. The maximum atomic E-state index is 11.9. The number of ether oxygens (including phenoxy) is 1. The molecule has 21 heavy (non-hydrogen) atoms. The molecule has 0 unspecified atom stereocenters. The summed E-state index contributed by atoms with van der Waals surface area (Å²) < 4.78 is 5.55. The number of benzene rings is 2. The number of hydrogen-bond donors (Lipinski definition) is 2. The third-order valence-electron chi connectivity index (χ3n) is 2.91. The van der Waals surface area contributed by atoms with Gasteiger partial charge in [0, 0.05) is 4.90 Å². The standard InChI is InChI=1S/C16H18N2O2S/c1-11-7-8-13(12(17)9-11)18-16(19)10-20-14-5-3-4-6-15(14)21-2/h3-9H,10,17H2,1-2H3,(H,18,19). The first-order valence-corrected chi connectivity index (χ1v) is 7.74. The fraction of sp³-hybridized carbons (Fsp3) is 0.188. The van der Waals surface area contributed by atoms with E-state index in [4.69, 9.17) is 10.5 Å². The topological polar surface area (TPSA) is 64.3 Å². The molecule has 0 radical (unpaired) electrons. The number of para-hydroxylation sites is 1. The number of amides is 1. The van der Waals surface area contributed by atoms with E-state index in [1.165, 1.54) is 0 Å². The second-order valence-corrected chi connectivity index (χ2v) is 5.43. The highest BCUT2D eigenvalue weighted by atomic mass is 32.2. The molecule has 0 saturated carbocycles. The Morgan fingerprint density at radius 2 is 2.05 bits per heavy atom. The third-order valence-corrected chi connectivity index (χ3v) is 3.69. The largest absolute Gasteiger partial charge is 0.483 e. The summed E-state index contributed by atoms with van der Waals surface area (Å²) in [5.74, 6) is 0.471. The zero-order valence-electron chi connectivity index (χ0n) is 12.1. The molecule has 0 heterocycles. The zero-order valence-corrected chi connectivity index (χ0v) is 12.9. The normalized spacial score (nSPS) is 10.2. The molecule has 0 fully saturated rings. The number of rotatable bonds is 5. The van der Waals surface area contributed by atoms with E-state index in [9.17, 15) is 4.79 Å². The number of nitrogens with one attached hydrogen (secondary N) is 1. The smallest absolute Gasteiger partial charge is 0.262 e. The predicted octanol–water partition coefficient (Wildman–Crippen LogP) is 3.32. The molecule has 2 rings (SSSR count). The quantitative estimate of drug-likeness (QED) is 0.657. The van der Waals surface area contributed by atoms with E-state index in [-0.39, 0.29) is 12.5 Å². The first-order chi connectivity index (χ1) is 10.1. The summed E-state index contributed by atoms with van der Waals surface area (Å²) in [5, 5.41) is 2.75. The van der Waals surface area contributed by atoms with Crippen molar-refractivity contribution in [3.05, 3.63) is 48.0 Å². The molecule has 3 N–H and O–H groups in total. The Morgan fingerprint density at radius 3 is 2.76 bits per heavy atom. The number of hydrogen-bond acceptors (Lipinski definition) is 4. The van der Waals surface area contributed by atoms with E-state index in [1.807, 2.05) is 49.6 Å². The average Bonchev–Trinajstić information content (AvgIpc) is 2.48. The van der Waals surface area contributed by atoms with Crippen LogP contribution in [0.4, 0.5) is 11.4 Å². The Balaban J connectivity index is 1.96.